The summed E-state index contributed by atoms with van der Waals surface area (Å²) in [6.45, 7) is 3.91. The van der Waals surface area contributed by atoms with Gasteiger partial charge in [0.15, 0.2) is 5.90 Å². The molecule has 7 nitrogen and oxygen atoms in total. The van der Waals surface area contributed by atoms with E-state index in [4.69, 9.17) is 19.6 Å². The zero-order valence-corrected chi connectivity index (χ0v) is 16.6. The number of ether oxygens (including phenoxy) is 3. The maximum atomic E-state index is 12.2. The van der Waals surface area contributed by atoms with Crippen LogP contribution >= 0.6 is 0 Å². The first-order valence-corrected chi connectivity index (χ1v) is 9.41. The molecule has 0 bridgehead atoms. The molecular weight excluding hydrogens is 372 g/mol. The van der Waals surface area contributed by atoms with Gasteiger partial charge in [-0.05, 0) is 25.0 Å². The molecule has 154 valence electrons. The molecule has 2 atom stereocenters. The number of benzene rings is 2. The minimum Gasteiger partial charge on any atom is -0.481 e. The normalized spacial score (nSPS) is 12.3. The molecule has 0 aliphatic carbocycles. The minimum absolute atomic E-state index is 0.140. The fraction of sp³-hybridized carbons (Fsp3) is 0.318. The van der Waals surface area contributed by atoms with E-state index in [2.05, 4.69) is 5.32 Å². The van der Waals surface area contributed by atoms with Gasteiger partial charge in [0.2, 0.25) is 0 Å². The molecule has 0 aliphatic heterocycles. The number of carbonyl (C=O) groups excluding carboxylic acids is 2. The molecular formula is C22H26N2O5. The highest BCUT2D eigenvalue weighted by atomic mass is 16.6. The van der Waals surface area contributed by atoms with E-state index in [0.29, 0.717) is 6.61 Å². The van der Waals surface area contributed by atoms with Gasteiger partial charge in [0, 0.05) is 0 Å². The SMILES string of the molecule is CCOC(=N)CC(=O)O[C@@H](c1ccccc1)[C@@H](C)NC(=O)OCc1ccccc1. The number of carbonyl (C=O) groups is 2. The lowest BCUT2D eigenvalue weighted by molar-refractivity contribution is -0.149. The van der Waals surface area contributed by atoms with Crippen molar-refractivity contribution in [3.63, 3.8) is 0 Å². The molecule has 0 heterocycles. The van der Waals surface area contributed by atoms with Crippen molar-refractivity contribution in [2.45, 2.75) is 39.0 Å². The van der Waals surface area contributed by atoms with Gasteiger partial charge in [0.05, 0.1) is 12.6 Å². The Morgan fingerprint density at radius 1 is 1.00 bits per heavy atom. The maximum Gasteiger partial charge on any atom is 0.407 e. The highest BCUT2D eigenvalue weighted by Crippen LogP contribution is 2.22. The second-order valence-corrected chi connectivity index (χ2v) is 6.35. The van der Waals surface area contributed by atoms with E-state index in [1.807, 2.05) is 48.5 Å². The van der Waals surface area contributed by atoms with Crippen LogP contribution in [0.5, 0.6) is 0 Å². The summed E-state index contributed by atoms with van der Waals surface area (Å²) in [4.78, 5) is 24.4. The van der Waals surface area contributed by atoms with E-state index in [0.717, 1.165) is 11.1 Å². The standard InChI is InChI=1S/C22H26N2O5/c1-3-27-19(23)14-20(25)29-21(18-12-8-5-9-13-18)16(2)24-22(26)28-15-17-10-6-4-7-11-17/h4-13,16,21,23H,3,14-15H2,1-2H3,(H,24,26)/t16-,21-/m1/s1. The number of hydrogen-bond donors (Lipinski definition) is 2. The molecule has 0 saturated heterocycles. The zero-order valence-electron chi connectivity index (χ0n) is 16.6. The molecule has 7 heteroatoms. The molecule has 0 unspecified atom stereocenters. The van der Waals surface area contributed by atoms with E-state index in [1.165, 1.54) is 0 Å². The lowest BCUT2D eigenvalue weighted by Gasteiger charge is -2.25. The number of hydrogen-bond acceptors (Lipinski definition) is 6. The summed E-state index contributed by atoms with van der Waals surface area (Å²) in [6.07, 6.45) is -1.62. The van der Waals surface area contributed by atoms with Crippen LogP contribution < -0.4 is 5.32 Å². The number of nitrogens with one attached hydrogen (secondary N) is 2. The molecule has 2 rings (SSSR count). The lowest BCUT2D eigenvalue weighted by atomic mass is 10.0. The Kier molecular flexibility index (Phi) is 8.69. The fourth-order valence-corrected chi connectivity index (χ4v) is 2.67. The van der Waals surface area contributed by atoms with Gasteiger partial charge in [-0.2, -0.15) is 0 Å². The molecule has 0 aliphatic rings. The molecule has 2 N–H and O–H groups in total. The maximum absolute atomic E-state index is 12.2. The summed E-state index contributed by atoms with van der Waals surface area (Å²) in [5.41, 5.74) is 1.59. The summed E-state index contributed by atoms with van der Waals surface area (Å²) in [6, 6.07) is 17.9. The monoisotopic (exact) mass is 398 g/mol. The van der Waals surface area contributed by atoms with Crippen molar-refractivity contribution in [3.05, 3.63) is 71.8 Å². The smallest absolute Gasteiger partial charge is 0.407 e. The van der Waals surface area contributed by atoms with E-state index < -0.39 is 24.2 Å². The summed E-state index contributed by atoms with van der Waals surface area (Å²) in [5.74, 6) is -0.768. The first-order valence-electron chi connectivity index (χ1n) is 9.41. The third kappa shape index (κ3) is 7.65. The van der Waals surface area contributed by atoms with E-state index in [1.54, 1.807) is 26.0 Å². The largest absolute Gasteiger partial charge is 0.481 e. The van der Waals surface area contributed by atoms with E-state index >= 15 is 0 Å². The van der Waals surface area contributed by atoms with Gasteiger partial charge < -0.3 is 19.5 Å². The first kappa shape index (κ1) is 21.9. The summed E-state index contributed by atoms with van der Waals surface area (Å²) >= 11 is 0. The van der Waals surface area contributed by atoms with Gasteiger partial charge in [0.25, 0.3) is 0 Å². The van der Waals surface area contributed by atoms with Gasteiger partial charge in [-0.15, -0.1) is 0 Å². The lowest BCUT2D eigenvalue weighted by Crippen LogP contribution is -2.39. The number of amides is 1. The van der Waals surface area contributed by atoms with Crippen molar-refractivity contribution in [1.82, 2.24) is 5.32 Å². The summed E-state index contributed by atoms with van der Waals surface area (Å²) in [7, 11) is 0. The zero-order chi connectivity index (χ0) is 21.1. The third-order valence-electron chi connectivity index (χ3n) is 4.02. The highest BCUT2D eigenvalue weighted by molar-refractivity contribution is 5.92. The van der Waals surface area contributed by atoms with E-state index in [-0.39, 0.29) is 18.9 Å². The molecule has 2 aromatic rings. The van der Waals surface area contributed by atoms with E-state index in [9.17, 15) is 9.59 Å². The average molecular weight is 398 g/mol. The Balaban J connectivity index is 1.98. The summed E-state index contributed by atoms with van der Waals surface area (Å²) < 4.78 is 15.8. The summed E-state index contributed by atoms with van der Waals surface area (Å²) in [5, 5.41) is 10.3. The van der Waals surface area contributed by atoms with Crippen molar-refractivity contribution in [2.24, 2.45) is 0 Å². The second-order valence-electron chi connectivity index (χ2n) is 6.35. The predicted octanol–water partition coefficient (Wildman–Crippen LogP) is 3.99. The van der Waals surface area contributed by atoms with Crippen LogP contribution in [0.1, 0.15) is 37.5 Å². The molecule has 29 heavy (non-hydrogen) atoms. The molecule has 0 aromatic heterocycles. The molecule has 0 fully saturated rings. The fourth-order valence-electron chi connectivity index (χ4n) is 2.67. The van der Waals surface area contributed by atoms with Gasteiger partial charge in [-0.3, -0.25) is 10.2 Å². The van der Waals surface area contributed by atoms with Crippen LogP contribution in [-0.4, -0.2) is 30.6 Å². The first-order chi connectivity index (χ1) is 14.0. The number of alkyl carbamates (subject to hydrolysis) is 1. The van der Waals surface area contributed by atoms with Gasteiger partial charge in [-0.1, -0.05) is 60.7 Å². The molecule has 1 amide bonds. The second kappa shape index (κ2) is 11.5. The Labute approximate surface area is 170 Å². The Bertz CT molecular complexity index is 795. The minimum atomic E-state index is -0.734. The van der Waals surface area contributed by atoms with Crippen LogP contribution in [0.3, 0.4) is 0 Å². The molecule has 0 spiro atoms. The van der Waals surface area contributed by atoms with Crippen LogP contribution in [-0.2, 0) is 25.6 Å². The van der Waals surface area contributed by atoms with Crippen LogP contribution in [0.2, 0.25) is 0 Å². The quantitative estimate of drug-likeness (QED) is 0.378. The van der Waals surface area contributed by atoms with Gasteiger partial charge >= 0.3 is 12.1 Å². The van der Waals surface area contributed by atoms with Gasteiger partial charge in [0.1, 0.15) is 19.1 Å². The van der Waals surface area contributed by atoms with Crippen molar-refractivity contribution in [3.8, 4) is 0 Å². The van der Waals surface area contributed by atoms with Gasteiger partial charge in [-0.25, -0.2) is 4.79 Å². The average Bonchev–Trinajstić information content (AvgIpc) is 2.72. The highest BCUT2D eigenvalue weighted by Gasteiger charge is 2.26. The molecule has 2 aromatic carbocycles. The predicted molar refractivity (Wildman–Crippen MR) is 108 cm³/mol. The number of esters is 1. The molecule has 0 radical (unpaired) electrons. The Morgan fingerprint density at radius 3 is 2.24 bits per heavy atom. The van der Waals surface area contributed by atoms with Crippen molar-refractivity contribution < 1.29 is 23.8 Å². The van der Waals surface area contributed by atoms with Crippen molar-refractivity contribution in [1.29, 1.82) is 5.41 Å². The van der Waals surface area contributed by atoms with Crippen LogP contribution in [0.4, 0.5) is 4.79 Å². The third-order valence-corrected chi connectivity index (χ3v) is 4.02. The molecule has 0 saturated carbocycles. The number of rotatable bonds is 9. The van der Waals surface area contributed by atoms with Crippen LogP contribution in [0, 0.1) is 5.41 Å². The Hall–Kier alpha value is -3.35. The Morgan fingerprint density at radius 2 is 1.62 bits per heavy atom. The van der Waals surface area contributed by atoms with Crippen LogP contribution in [0.25, 0.3) is 0 Å². The van der Waals surface area contributed by atoms with Crippen molar-refractivity contribution >= 4 is 18.0 Å². The van der Waals surface area contributed by atoms with Crippen LogP contribution in [0.15, 0.2) is 60.7 Å². The topological polar surface area (TPSA) is 97.7 Å². The van der Waals surface area contributed by atoms with Crippen molar-refractivity contribution in [2.75, 3.05) is 6.61 Å².